The highest BCUT2D eigenvalue weighted by Gasteiger charge is 2.56. The highest BCUT2D eigenvalue weighted by Crippen LogP contribution is 2.66. The standard InChI is InChI=1S/C58H35N3S.C48H36BNO2S.C16H11ClN2/c59-36-37-26-28-38(29-27-37)42-32-33-45(44-19-8-7-18-43(42)44)46-20-13-23-50-56(46)47-31-30-41(34-51(47)58(50)48-21-9-11-24-54(48)62-55-25-12-10-22-49(55)58)53-35-52(39-14-3-1-4-15-39)60-57(61-53)40-16-5-2-6-17-40;1-46(2)47(3,4)52-49(51-46)32-24-25-38-42(28-32)48(39-15-7-9-18-43(39)53-44-19-10-8-16-40(44)48)41-17-11-14-37(45(38)41)36-27-26-33(34-12-5-6-13-35(34)36)31-22-20-30(29-50)21-23-31;17-15-11-14(12-7-3-1-4-8-12)18-16(19-15)13-9-5-2-6-10-13/h1-35H;5-28H,1-4H3;1-11H. The first-order valence-electron chi connectivity index (χ1n) is 45.1. The molecule has 3 aliphatic heterocycles. The number of fused-ring (bicyclic) bond motifs is 20. The quantitative estimate of drug-likeness (QED) is 0.0967. The van der Waals surface area contributed by atoms with E-state index in [0.29, 0.717) is 27.9 Å². The van der Waals surface area contributed by atoms with E-state index in [-0.39, 0.29) is 0 Å². The van der Waals surface area contributed by atoms with E-state index in [9.17, 15) is 10.5 Å². The first-order valence-corrected chi connectivity index (χ1v) is 47.1. The van der Waals surface area contributed by atoms with Crippen LogP contribution in [0.1, 0.15) is 83.3 Å². The Labute approximate surface area is 793 Å². The van der Waals surface area contributed by atoms with Gasteiger partial charge in [-0.3, -0.25) is 0 Å². The smallest absolute Gasteiger partial charge is 0.399 e. The molecule has 0 atom stereocenters. The number of hydrogen-bond donors (Lipinski definition) is 0. The van der Waals surface area contributed by atoms with E-state index in [1.807, 2.05) is 145 Å². The van der Waals surface area contributed by atoms with E-state index < -0.39 is 29.2 Å². The lowest BCUT2D eigenvalue weighted by atomic mass is 9.66. The first kappa shape index (κ1) is 83.0. The van der Waals surface area contributed by atoms with E-state index in [1.165, 1.54) is 130 Å². The Morgan fingerprint density at radius 1 is 0.261 bits per heavy atom. The fraction of sp³-hybridized carbons (Fsp3) is 0.0656. The van der Waals surface area contributed by atoms with Gasteiger partial charge in [-0.15, -0.1) is 0 Å². The highest BCUT2D eigenvalue weighted by atomic mass is 35.5. The minimum Gasteiger partial charge on any atom is -0.399 e. The van der Waals surface area contributed by atoms with Gasteiger partial charge in [0.25, 0.3) is 0 Å². The van der Waals surface area contributed by atoms with Crippen molar-refractivity contribution in [3.8, 4) is 135 Å². The molecule has 1 fully saturated rings. The molecule has 0 amide bonds. The number of nitriles is 2. The highest BCUT2D eigenvalue weighted by molar-refractivity contribution is 7.99. The Hall–Kier alpha value is -15.4. The maximum Gasteiger partial charge on any atom is 0.494 e. The molecule has 1 saturated heterocycles. The van der Waals surface area contributed by atoms with Crippen molar-refractivity contribution < 1.29 is 9.31 Å². The molecule has 134 heavy (non-hydrogen) atoms. The molecule has 2 spiro atoms. The van der Waals surface area contributed by atoms with E-state index in [1.54, 1.807) is 6.07 Å². The summed E-state index contributed by atoms with van der Waals surface area (Å²) < 4.78 is 13.3. The number of hydrogen-bond acceptors (Lipinski definition) is 10. The number of halogens is 1. The van der Waals surface area contributed by atoms with E-state index in [2.05, 4.69) is 347 Å². The van der Waals surface area contributed by atoms with Crippen LogP contribution in [-0.2, 0) is 20.1 Å². The molecule has 0 N–H and O–H groups in total. The normalized spacial score (nSPS) is 14.1. The lowest BCUT2D eigenvalue weighted by molar-refractivity contribution is 0.00578. The molecule has 634 valence electrons. The molecule has 12 heteroatoms. The molecule has 18 aromatic carbocycles. The Morgan fingerprint density at radius 3 is 1.00 bits per heavy atom. The van der Waals surface area contributed by atoms with Gasteiger partial charge in [0.2, 0.25) is 0 Å². The molecule has 2 aromatic heterocycles. The van der Waals surface area contributed by atoms with Crippen LogP contribution >= 0.6 is 35.1 Å². The third-order valence-electron chi connectivity index (χ3n) is 27.5. The third-order valence-corrected chi connectivity index (χ3v) is 30.0. The van der Waals surface area contributed by atoms with Gasteiger partial charge in [0, 0.05) is 53.5 Å². The van der Waals surface area contributed by atoms with Gasteiger partial charge >= 0.3 is 7.12 Å². The fourth-order valence-electron chi connectivity index (χ4n) is 20.6. The van der Waals surface area contributed by atoms with Gasteiger partial charge in [0.05, 0.1) is 62.4 Å². The average molecular weight is 1770 g/mol. The first-order chi connectivity index (χ1) is 65.7. The summed E-state index contributed by atoms with van der Waals surface area (Å²) in [4.78, 5) is 24.4. The second kappa shape index (κ2) is 33.8. The van der Waals surface area contributed by atoms with Crippen LogP contribution in [0.3, 0.4) is 0 Å². The SMILES string of the molecule is CC1(C)OB(c2ccc3c(c2)C2(c4ccccc4Sc4ccccc42)c2cccc(-c4ccc(-c5ccc(C#N)cc5)c5ccccc45)c2-3)OC1(C)C.Clc1cc(-c2ccccc2)nc(-c2ccccc2)n1.N#Cc1ccc(-c2ccc(-c3cccc4c3-c3ccc(-c5cc(-c6ccccc6)nc(-c6ccccc6)n5)cc3C43c4ccccc4Sc4ccccc43)c3ccccc23)cc1. The summed E-state index contributed by atoms with van der Waals surface area (Å²) in [6, 6.07) is 155. The van der Waals surface area contributed by atoms with E-state index in [4.69, 9.17) is 30.9 Å². The van der Waals surface area contributed by atoms with Gasteiger partial charge in [-0.2, -0.15) is 10.5 Å². The molecule has 8 nitrogen and oxygen atoms in total. The van der Waals surface area contributed by atoms with E-state index in [0.717, 1.165) is 72.6 Å². The Kier molecular flexibility index (Phi) is 20.9. The van der Waals surface area contributed by atoms with Crippen LogP contribution in [0.5, 0.6) is 0 Å². The van der Waals surface area contributed by atoms with Crippen molar-refractivity contribution in [2.24, 2.45) is 0 Å². The second-order valence-corrected chi connectivity index (χ2v) is 38.0. The molecule has 0 unspecified atom stereocenters. The molecule has 0 radical (unpaired) electrons. The Morgan fingerprint density at radius 2 is 0.582 bits per heavy atom. The van der Waals surface area contributed by atoms with Gasteiger partial charge < -0.3 is 9.31 Å². The molecule has 0 saturated carbocycles. The third kappa shape index (κ3) is 14.0. The maximum atomic E-state index is 9.50. The fourth-order valence-corrected chi connectivity index (χ4v) is 23.2. The molecule has 25 rings (SSSR count). The Bertz CT molecular complexity index is 7960. The van der Waals surface area contributed by atoms with Crippen molar-refractivity contribution in [3.05, 3.63) is 485 Å². The van der Waals surface area contributed by atoms with Crippen LogP contribution in [0.25, 0.3) is 145 Å². The van der Waals surface area contributed by atoms with Crippen LogP contribution in [0, 0.1) is 22.7 Å². The van der Waals surface area contributed by atoms with Crippen LogP contribution in [0.15, 0.2) is 444 Å². The molecule has 5 aliphatic rings. The summed E-state index contributed by atoms with van der Waals surface area (Å²) in [7, 11) is -0.479. The molecule has 5 heterocycles. The molecule has 0 bridgehead atoms. The number of nitrogens with zero attached hydrogens (tertiary/aromatic N) is 6. The zero-order valence-electron chi connectivity index (χ0n) is 73.7. The summed E-state index contributed by atoms with van der Waals surface area (Å²) >= 11 is 9.82. The Balaban J connectivity index is 0.000000128. The van der Waals surface area contributed by atoms with Crippen molar-refractivity contribution in [1.29, 1.82) is 10.5 Å². The van der Waals surface area contributed by atoms with Crippen molar-refractivity contribution in [1.82, 2.24) is 19.9 Å². The van der Waals surface area contributed by atoms with Gasteiger partial charge in [-0.05, 0) is 227 Å². The molecular formula is C122H82BClN6O2S2. The topological polar surface area (TPSA) is 118 Å². The number of benzene rings is 18. The molecule has 2 aliphatic carbocycles. The van der Waals surface area contributed by atoms with Crippen molar-refractivity contribution in [2.75, 3.05) is 0 Å². The maximum absolute atomic E-state index is 9.50. The van der Waals surface area contributed by atoms with Gasteiger partial charge in [0.1, 0.15) is 5.15 Å². The monoisotopic (exact) mass is 1770 g/mol. The largest absolute Gasteiger partial charge is 0.494 e. The summed E-state index contributed by atoms with van der Waals surface area (Å²) in [5, 5.41) is 24.1. The van der Waals surface area contributed by atoms with Crippen molar-refractivity contribution in [2.45, 2.75) is 69.3 Å². The molecule has 20 aromatic rings. The second-order valence-electron chi connectivity index (χ2n) is 35.4. The van der Waals surface area contributed by atoms with Gasteiger partial charge in [-0.25, -0.2) is 19.9 Å². The lowest BCUT2D eigenvalue weighted by Crippen LogP contribution is -2.41. The summed E-state index contributed by atoms with van der Waals surface area (Å²) in [6.45, 7) is 8.47. The van der Waals surface area contributed by atoms with Crippen LogP contribution in [0.4, 0.5) is 0 Å². The predicted octanol–water partition coefficient (Wildman–Crippen LogP) is 30.3. The number of aromatic nitrogens is 4. The summed E-state index contributed by atoms with van der Waals surface area (Å²) in [5.74, 6) is 1.34. The molecular weight excluding hydrogens is 1690 g/mol. The van der Waals surface area contributed by atoms with Crippen LogP contribution < -0.4 is 5.46 Å². The minimum absolute atomic E-state index is 0.448. The zero-order chi connectivity index (χ0) is 90.4. The van der Waals surface area contributed by atoms with Gasteiger partial charge in [-0.1, -0.05) is 393 Å². The zero-order valence-corrected chi connectivity index (χ0v) is 76.1. The minimum atomic E-state index is -0.592. The summed E-state index contributed by atoms with van der Waals surface area (Å²) in [5.41, 5.74) is 32.4. The van der Waals surface area contributed by atoms with E-state index >= 15 is 0 Å². The van der Waals surface area contributed by atoms with Gasteiger partial charge in [0.15, 0.2) is 11.6 Å². The predicted molar refractivity (Wildman–Crippen MR) is 547 cm³/mol. The van der Waals surface area contributed by atoms with Crippen LogP contribution in [0.2, 0.25) is 5.15 Å². The lowest BCUT2D eigenvalue weighted by Gasteiger charge is -2.39. The summed E-state index contributed by atoms with van der Waals surface area (Å²) in [6.07, 6.45) is 0. The van der Waals surface area contributed by atoms with Crippen molar-refractivity contribution in [3.63, 3.8) is 0 Å². The van der Waals surface area contributed by atoms with Crippen molar-refractivity contribution >= 4 is 69.3 Å². The van der Waals surface area contributed by atoms with Crippen LogP contribution in [-0.4, -0.2) is 38.3 Å². The average Bonchev–Trinajstić information content (AvgIpc) is 1.51. The number of rotatable bonds is 10.